The van der Waals surface area contributed by atoms with Gasteiger partial charge in [-0.15, -0.1) is 0 Å². The second kappa shape index (κ2) is 5.97. The predicted octanol–water partition coefficient (Wildman–Crippen LogP) is 2.29. The van der Waals surface area contributed by atoms with Crippen molar-refractivity contribution < 1.29 is 9.18 Å². The molecule has 0 spiro atoms. The van der Waals surface area contributed by atoms with Crippen molar-refractivity contribution in [1.29, 1.82) is 0 Å². The topological polar surface area (TPSA) is 46.9 Å². The highest BCUT2D eigenvalue weighted by atomic mass is 79.9. The molecule has 0 unspecified atom stereocenters. The van der Waals surface area contributed by atoms with Gasteiger partial charge in [0, 0.05) is 31.8 Å². The number of hydrogen-bond donors (Lipinski definition) is 1. The number of aromatic nitrogens is 2. The van der Waals surface area contributed by atoms with Gasteiger partial charge < -0.3 is 5.32 Å². The second-order valence-corrected chi connectivity index (χ2v) is 4.97. The molecule has 1 amide bonds. The SMILES string of the molecule is Cn1ccc(CCNC(=O)c2ccc(F)c(Br)c2)n1. The first-order valence-corrected chi connectivity index (χ1v) is 6.57. The van der Waals surface area contributed by atoms with E-state index in [4.69, 9.17) is 0 Å². The summed E-state index contributed by atoms with van der Waals surface area (Å²) in [7, 11) is 1.85. The Bertz CT molecular complexity index is 597. The van der Waals surface area contributed by atoms with Crippen LogP contribution in [0, 0.1) is 5.82 Å². The minimum absolute atomic E-state index is 0.225. The third-order valence-electron chi connectivity index (χ3n) is 2.62. The molecule has 19 heavy (non-hydrogen) atoms. The maximum Gasteiger partial charge on any atom is 0.251 e. The molecule has 0 saturated heterocycles. The molecule has 0 aliphatic carbocycles. The highest BCUT2D eigenvalue weighted by molar-refractivity contribution is 9.10. The monoisotopic (exact) mass is 325 g/mol. The van der Waals surface area contributed by atoms with E-state index in [2.05, 4.69) is 26.3 Å². The van der Waals surface area contributed by atoms with Gasteiger partial charge in [0.1, 0.15) is 5.82 Å². The predicted molar refractivity (Wildman–Crippen MR) is 73.3 cm³/mol. The lowest BCUT2D eigenvalue weighted by molar-refractivity contribution is 0.0954. The number of hydrogen-bond acceptors (Lipinski definition) is 2. The Labute approximate surface area is 118 Å². The van der Waals surface area contributed by atoms with Gasteiger partial charge in [-0.2, -0.15) is 5.10 Å². The largest absolute Gasteiger partial charge is 0.352 e. The number of carbonyl (C=O) groups is 1. The summed E-state index contributed by atoms with van der Waals surface area (Å²) in [5.41, 5.74) is 1.34. The number of aryl methyl sites for hydroxylation is 1. The van der Waals surface area contributed by atoms with Gasteiger partial charge in [0.25, 0.3) is 5.91 Å². The Hall–Kier alpha value is -1.69. The Morgan fingerprint density at radius 2 is 2.26 bits per heavy atom. The van der Waals surface area contributed by atoms with Crippen LogP contribution >= 0.6 is 15.9 Å². The van der Waals surface area contributed by atoms with E-state index in [9.17, 15) is 9.18 Å². The summed E-state index contributed by atoms with van der Waals surface area (Å²) in [6, 6.07) is 6.08. The zero-order valence-electron chi connectivity index (χ0n) is 10.4. The van der Waals surface area contributed by atoms with Gasteiger partial charge >= 0.3 is 0 Å². The van der Waals surface area contributed by atoms with Crippen molar-refractivity contribution in [2.75, 3.05) is 6.54 Å². The molecule has 0 aliphatic heterocycles. The summed E-state index contributed by atoms with van der Waals surface area (Å²) in [5, 5.41) is 6.99. The molecule has 0 atom stereocenters. The number of benzene rings is 1. The maximum absolute atomic E-state index is 13.0. The molecule has 2 aromatic rings. The third-order valence-corrected chi connectivity index (χ3v) is 3.23. The zero-order chi connectivity index (χ0) is 13.8. The maximum atomic E-state index is 13.0. The normalized spacial score (nSPS) is 10.5. The van der Waals surface area contributed by atoms with Crippen molar-refractivity contribution in [3.05, 3.63) is 52.0 Å². The van der Waals surface area contributed by atoms with E-state index in [0.29, 0.717) is 18.5 Å². The highest BCUT2D eigenvalue weighted by Gasteiger charge is 2.08. The van der Waals surface area contributed by atoms with Crippen LogP contribution in [-0.2, 0) is 13.5 Å². The molecule has 0 bridgehead atoms. The van der Waals surface area contributed by atoms with Crippen molar-refractivity contribution in [1.82, 2.24) is 15.1 Å². The van der Waals surface area contributed by atoms with Crippen LogP contribution in [0.4, 0.5) is 4.39 Å². The summed E-state index contributed by atoms with van der Waals surface area (Å²) < 4.78 is 15.0. The van der Waals surface area contributed by atoms with Crippen LogP contribution in [-0.4, -0.2) is 22.2 Å². The van der Waals surface area contributed by atoms with Gasteiger partial charge in [-0.25, -0.2) is 4.39 Å². The van der Waals surface area contributed by atoms with E-state index in [1.165, 1.54) is 18.2 Å². The molecule has 100 valence electrons. The number of rotatable bonds is 4. The summed E-state index contributed by atoms with van der Waals surface area (Å²) in [4.78, 5) is 11.8. The van der Waals surface area contributed by atoms with Crippen molar-refractivity contribution in [2.45, 2.75) is 6.42 Å². The minimum atomic E-state index is -0.384. The summed E-state index contributed by atoms with van der Waals surface area (Å²) in [6.07, 6.45) is 2.52. The van der Waals surface area contributed by atoms with E-state index < -0.39 is 0 Å². The first-order valence-electron chi connectivity index (χ1n) is 5.78. The van der Waals surface area contributed by atoms with Crippen molar-refractivity contribution >= 4 is 21.8 Å². The molecule has 0 radical (unpaired) electrons. The van der Waals surface area contributed by atoms with Gasteiger partial charge in [0.05, 0.1) is 10.2 Å². The second-order valence-electron chi connectivity index (χ2n) is 4.12. The minimum Gasteiger partial charge on any atom is -0.352 e. The molecule has 0 saturated carbocycles. The van der Waals surface area contributed by atoms with Crippen molar-refractivity contribution in [3.63, 3.8) is 0 Å². The fourth-order valence-corrected chi connectivity index (χ4v) is 2.02. The van der Waals surface area contributed by atoms with Gasteiger partial charge in [-0.05, 0) is 40.2 Å². The summed E-state index contributed by atoms with van der Waals surface area (Å²) in [6.45, 7) is 0.491. The van der Waals surface area contributed by atoms with Crippen LogP contribution in [0.15, 0.2) is 34.9 Å². The molecule has 2 rings (SSSR count). The fraction of sp³-hybridized carbons (Fsp3) is 0.231. The first-order chi connectivity index (χ1) is 9.06. The smallest absolute Gasteiger partial charge is 0.251 e. The van der Waals surface area contributed by atoms with E-state index in [-0.39, 0.29) is 16.2 Å². The average molecular weight is 326 g/mol. The van der Waals surface area contributed by atoms with E-state index in [1.54, 1.807) is 4.68 Å². The fourth-order valence-electron chi connectivity index (χ4n) is 1.64. The molecule has 4 nitrogen and oxygen atoms in total. The van der Waals surface area contributed by atoms with Crippen LogP contribution in [0.25, 0.3) is 0 Å². The Morgan fingerprint density at radius 1 is 1.47 bits per heavy atom. The molecular formula is C13H13BrFN3O. The molecule has 1 aromatic heterocycles. The lowest BCUT2D eigenvalue weighted by atomic mass is 10.2. The van der Waals surface area contributed by atoms with Gasteiger partial charge in [-0.1, -0.05) is 0 Å². The molecule has 1 heterocycles. The average Bonchev–Trinajstić information content (AvgIpc) is 2.78. The Morgan fingerprint density at radius 3 is 2.89 bits per heavy atom. The van der Waals surface area contributed by atoms with Gasteiger partial charge in [0.2, 0.25) is 0 Å². The van der Waals surface area contributed by atoms with Crippen LogP contribution in [0.5, 0.6) is 0 Å². The first kappa shape index (κ1) is 13.7. The van der Waals surface area contributed by atoms with Crippen molar-refractivity contribution in [2.24, 2.45) is 7.05 Å². The Balaban J connectivity index is 1.89. The van der Waals surface area contributed by atoms with E-state index in [0.717, 1.165) is 5.69 Å². The molecule has 6 heteroatoms. The summed E-state index contributed by atoms with van der Waals surface area (Å²) >= 11 is 3.05. The molecular weight excluding hydrogens is 313 g/mol. The lowest BCUT2D eigenvalue weighted by Gasteiger charge is -2.05. The molecule has 1 N–H and O–H groups in total. The van der Waals surface area contributed by atoms with Gasteiger partial charge in [-0.3, -0.25) is 9.48 Å². The number of nitrogens with zero attached hydrogens (tertiary/aromatic N) is 2. The Kier molecular flexibility index (Phi) is 4.31. The number of amides is 1. The standard InChI is InChI=1S/C13H13BrFN3O/c1-18-7-5-10(17-18)4-6-16-13(19)9-2-3-12(15)11(14)8-9/h2-3,5,7-8H,4,6H2,1H3,(H,16,19). The quantitative estimate of drug-likeness (QED) is 0.937. The molecule has 1 aromatic carbocycles. The molecule has 0 aliphatic rings. The van der Waals surface area contributed by atoms with Crippen LogP contribution in [0.2, 0.25) is 0 Å². The number of nitrogens with one attached hydrogen (secondary N) is 1. The molecule has 0 fully saturated rings. The number of carbonyl (C=O) groups excluding carboxylic acids is 1. The van der Waals surface area contributed by atoms with Gasteiger partial charge in [0.15, 0.2) is 0 Å². The van der Waals surface area contributed by atoms with E-state index in [1.807, 2.05) is 19.3 Å². The van der Waals surface area contributed by atoms with E-state index >= 15 is 0 Å². The summed E-state index contributed by atoms with van der Waals surface area (Å²) in [5.74, 6) is -0.610. The zero-order valence-corrected chi connectivity index (χ0v) is 11.9. The van der Waals surface area contributed by atoms with Crippen LogP contribution in [0.1, 0.15) is 16.1 Å². The van der Waals surface area contributed by atoms with Crippen molar-refractivity contribution in [3.8, 4) is 0 Å². The highest BCUT2D eigenvalue weighted by Crippen LogP contribution is 2.16. The van der Waals surface area contributed by atoms with Crippen LogP contribution < -0.4 is 5.32 Å². The van der Waals surface area contributed by atoms with Crippen LogP contribution in [0.3, 0.4) is 0 Å². The lowest BCUT2D eigenvalue weighted by Crippen LogP contribution is -2.25. The number of halogens is 2. The third kappa shape index (κ3) is 3.64.